The Morgan fingerprint density at radius 1 is 1.26 bits per heavy atom. The molecule has 0 aliphatic carbocycles. The Kier molecular flexibility index (Phi) is 5.59. The monoisotopic (exact) mass is 424 g/mol. The average molecular weight is 425 g/mol. The largest absolute Gasteiger partial charge is 0.468 e. The Bertz CT molecular complexity index is 1170. The number of thiazole rings is 1. The van der Waals surface area contributed by atoms with Gasteiger partial charge >= 0.3 is 5.97 Å². The molecule has 2 heterocycles. The van der Waals surface area contributed by atoms with Crippen LogP contribution in [0.2, 0.25) is 0 Å². The van der Waals surface area contributed by atoms with Crippen molar-refractivity contribution >= 4 is 54.6 Å². The van der Waals surface area contributed by atoms with Crippen molar-refractivity contribution in [2.75, 3.05) is 13.4 Å². The van der Waals surface area contributed by atoms with Crippen molar-refractivity contribution in [2.45, 2.75) is 17.9 Å². The summed E-state index contributed by atoms with van der Waals surface area (Å²) in [7, 11) is -2.10. The average Bonchev–Trinajstić information content (AvgIpc) is 3.22. The highest BCUT2D eigenvalue weighted by Gasteiger charge is 2.15. The molecular weight excluding hydrogens is 408 g/mol. The number of nitrogens with zero attached hydrogens (tertiary/aromatic N) is 2. The molecule has 0 fully saturated rings. The van der Waals surface area contributed by atoms with Gasteiger partial charge in [-0.05, 0) is 29.6 Å². The van der Waals surface area contributed by atoms with Crippen molar-refractivity contribution in [1.82, 2.24) is 4.57 Å². The van der Waals surface area contributed by atoms with E-state index >= 15 is 0 Å². The van der Waals surface area contributed by atoms with E-state index in [4.69, 9.17) is 4.74 Å². The van der Waals surface area contributed by atoms with Gasteiger partial charge in [-0.15, -0.1) is 11.3 Å². The molecule has 1 aromatic carbocycles. The van der Waals surface area contributed by atoms with Crippen LogP contribution < -0.4 is 4.80 Å². The van der Waals surface area contributed by atoms with Crippen LogP contribution in [0.4, 0.5) is 0 Å². The summed E-state index contributed by atoms with van der Waals surface area (Å²) in [5.41, 5.74) is 0.612. The van der Waals surface area contributed by atoms with Crippen LogP contribution in [0.5, 0.6) is 0 Å². The third-order valence-electron chi connectivity index (χ3n) is 3.72. The van der Waals surface area contributed by atoms with Crippen molar-refractivity contribution < 1.29 is 22.7 Å². The van der Waals surface area contributed by atoms with Crippen LogP contribution in [0.25, 0.3) is 10.2 Å². The van der Waals surface area contributed by atoms with E-state index < -0.39 is 15.8 Å². The highest BCUT2D eigenvalue weighted by Crippen LogP contribution is 2.22. The molecule has 0 bridgehead atoms. The lowest BCUT2D eigenvalue weighted by Gasteiger charge is -2.04. The number of hydrogen-bond donors (Lipinski definition) is 0. The van der Waals surface area contributed by atoms with Crippen LogP contribution in [0, 0.1) is 0 Å². The Balaban J connectivity index is 2.11. The smallest absolute Gasteiger partial charge is 0.325 e. The SMILES string of the molecule is COC(=O)Cn1c(=NC(=O)Cc2cccs2)sc2cc(S(C)(=O)=O)ccc21. The second-order valence-corrected chi connectivity index (χ2v) is 9.77. The topological polar surface area (TPSA) is 94.8 Å². The first kappa shape index (κ1) is 19.5. The van der Waals surface area contributed by atoms with Crippen LogP contribution in [-0.4, -0.2) is 38.2 Å². The number of carbonyl (C=O) groups is 2. The van der Waals surface area contributed by atoms with Crippen LogP contribution in [0.15, 0.2) is 45.6 Å². The molecule has 0 unspecified atom stereocenters. The van der Waals surface area contributed by atoms with Gasteiger partial charge in [-0.3, -0.25) is 9.59 Å². The number of benzene rings is 1. The van der Waals surface area contributed by atoms with Crippen molar-refractivity contribution in [1.29, 1.82) is 0 Å². The third-order valence-corrected chi connectivity index (χ3v) is 6.75. The zero-order valence-corrected chi connectivity index (χ0v) is 17.0. The summed E-state index contributed by atoms with van der Waals surface area (Å²) in [5.74, 6) is -0.833. The molecule has 1 amide bonds. The maximum atomic E-state index is 12.3. The molecule has 0 aliphatic rings. The standard InChI is InChI=1S/C17H16N2O5S3/c1-24-16(21)10-19-13-6-5-12(27(2,22)23)9-14(13)26-17(19)18-15(20)8-11-4-3-7-25-11/h3-7,9H,8,10H2,1-2H3. The van der Waals surface area contributed by atoms with Crippen LogP contribution in [0.3, 0.4) is 0 Å². The van der Waals surface area contributed by atoms with E-state index in [1.54, 1.807) is 10.6 Å². The summed E-state index contributed by atoms with van der Waals surface area (Å²) in [4.78, 5) is 29.6. The third kappa shape index (κ3) is 4.52. The minimum absolute atomic E-state index is 0.125. The Labute approximate surface area is 163 Å². The van der Waals surface area contributed by atoms with Crippen LogP contribution in [-0.2, 0) is 37.1 Å². The fourth-order valence-corrected chi connectivity index (χ4v) is 4.93. The Hall–Kier alpha value is -2.30. The molecule has 0 saturated heterocycles. The van der Waals surface area contributed by atoms with Gasteiger partial charge in [0.05, 0.1) is 28.6 Å². The molecule has 2 aromatic heterocycles. The van der Waals surface area contributed by atoms with Gasteiger partial charge in [-0.25, -0.2) is 8.42 Å². The number of amides is 1. The van der Waals surface area contributed by atoms with Crippen molar-refractivity contribution in [3.63, 3.8) is 0 Å². The lowest BCUT2D eigenvalue weighted by Crippen LogP contribution is -2.22. The van der Waals surface area contributed by atoms with Crippen LogP contribution in [0.1, 0.15) is 4.88 Å². The van der Waals surface area contributed by atoms with Crippen molar-refractivity contribution in [3.05, 3.63) is 45.4 Å². The number of aromatic nitrogens is 1. The second kappa shape index (κ2) is 7.75. The van der Waals surface area contributed by atoms with E-state index in [1.165, 1.54) is 30.6 Å². The summed E-state index contributed by atoms with van der Waals surface area (Å²) < 4.78 is 30.5. The zero-order valence-electron chi connectivity index (χ0n) is 14.5. The number of carbonyl (C=O) groups excluding carboxylic acids is 2. The molecule has 0 atom stereocenters. The van der Waals surface area contributed by atoms with Gasteiger partial charge in [0.1, 0.15) is 6.54 Å². The molecule has 0 saturated carbocycles. The summed E-state index contributed by atoms with van der Waals surface area (Å²) >= 11 is 2.62. The molecule has 10 heteroatoms. The highest BCUT2D eigenvalue weighted by atomic mass is 32.2. The summed E-state index contributed by atoms with van der Waals surface area (Å²) in [6, 6.07) is 8.30. The minimum Gasteiger partial charge on any atom is -0.468 e. The van der Waals surface area contributed by atoms with Gasteiger partial charge < -0.3 is 9.30 Å². The predicted molar refractivity (Wildman–Crippen MR) is 104 cm³/mol. The van der Waals surface area contributed by atoms with Gasteiger partial charge in [0, 0.05) is 11.1 Å². The fourth-order valence-electron chi connectivity index (χ4n) is 2.42. The van der Waals surface area contributed by atoms with E-state index in [0.29, 0.717) is 15.0 Å². The zero-order chi connectivity index (χ0) is 19.6. The number of sulfone groups is 1. The molecule has 0 N–H and O–H groups in total. The number of hydrogen-bond acceptors (Lipinski definition) is 7. The Morgan fingerprint density at radius 2 is 2.04 bits per heavy atom. The van der Waals surface area contributed by atoms with Crippen LogP contribution >= 0.6 is 22.7 Å². The maximum Gasteiger partial charge on any atom is 0.325 e. The molecule has 3 rings (SSSR count). The summed E-state index contributed by atoms with van der Waals surface area (Å²) in [5, 5.41) is 1.88. The number of methoxy groups -OCH3 is 1. The molecular formula is C17H16N2O5S3. The van der Waals surface area contributed by atoms with Crippen molar-refractivity contribution in [2.24, 2.45) is 4.99 Å². The lowest BCUT2D eigenvalue weighted by atomic mass is 10.3. The van der Waals surface area contributed by atoms with Gasteiger partial charge in [0.25, 0.3) is 5.91 Å². The molecule has 0 radical (unpaired) electrons. The first-order chi connectivity index (χ1) is 12.8. The van der Waals surface area contributed by atoms with E-state index in [0.717, 1.165) is 22.5 Å². The number of rotatable bonds is 5. The van der Waals surface area contributed by atoms with E-state index in [9.17, 15) is 18.0 Å². The second-order valence-electron chi connectivity index (χ2n) is 5.71. The van der Waals surface area contributed by atoms with Gasteiger partial charge in [0.15, 0.2) is 14.6 Å². The number of esters is 1. The molecule has 142 valence electrons. The lowest BCUT2D eigenvalue weighted by molar-refractivity contribution is -0.141. The minimum atomic E-state index is -3.37. The van der Waals surface area contributed by atoms with E-state index in [1.807, 2.05) is 17.5 Å². The number of thiophene rings is 1. The van der Waals surface area contributed by atoms with Crippen molar-refractivity contribution in [3.8, 4) is 0 Å². The Morgan fingerprint density at radius 3 is 2.67 bits per heavy atom. The van der Waals surface area contributed by atoms with Gasteiger partial charge in [-0.1, -0.05) is 17.4 Å². The molecule has 3 aromatic rings. The quantitative estimate of drug-likeness (QED) is 0.584. The van der Waals surface area contributed by atoms with Gasteiger partial charge in [0.2, 0.25) is 0 Å². The van der Waals surface area contributed by atoms with Gasteiger partial charge in [-0.2, -0.15) is 4.99 Å². The summed E-state index contributed by atoms with van der Waals surface area (Å²) in [6.45, 7) is -0.125. The highest BCUT2D eigenvalue weighted by molar-refractivity contribution is 7.90. The fraction of sp³-hybridized carbons (Fsp3) is 0.235. The normalized spacial score (nSPS) is 12.4. The van der Waals surface area contributed by atoms with E-state index in [-0.39, 0.29) is 23.8 Å². The number of ether oxygens (including phenoxy) is 1. The number of fused-ring (bicyclic) bond motifs is 1. The predicted octanol–water partition coefficient (Wildman–Crippen LogP) is 2.01. The molecule has 27 heavy (non-hydrogen) atoms. The first-order valence-electron chi connectivity index (χ1n) is 7.78. The first-order valence-corrected chi connectivity index (χ1v) is 11.4. The molecule has 0 aliphatic heterocycles. The summed E-state index contributed by atoms with van der Waals surface area (Å²) in [6.07, 6.45) is 1.29. The van der Waals surface area contributed by atoms with E-state index in [2.05, 4.69) is 4.99 Å². The maximum absolute atomic E-state index is 12.3. The molecule has 0 spiro atoms. The molecule has 7 nitrogen and oxygen atoms in total.